The second-order valence-electron chi connectivity index (χ2n) is 6.09. The van der Waals surface area contributed by atoms with Gasteiger partial charge in [0.15, 0.2) is 0 Å². The number of alkyl halides is 3. The molecule has 0 aliphatic rings. The van der Waals surface area contributed by atoms with Gasteiger partial charge in [0.05, 0.1) is 17.0 Å². The van der Waals surface area contributed by atoms with Crippen molar-refractivity contribution in [2.45, 2.75) is 26.9 Å². The molecule has 1 aromatic carbocycles. The molecular weight excluding hydrogens is 345 g/mol. The van der Waals surface area contributed by atoms with E-state index < -0.39 is 40.2 Å². The van der Waals surface area contributed by atoms with E-state index in [-0.39, 0.29) is 11.6 Å². The Morgan fingerprint density at radius 1 is 1.20 bits per heavy atom. The maximum atomic E-state index is 12.6. The number of carbonyl (C=O) groups is 2. The first-order valence-corrected chi connectivity index (χ1v) is 7.01. The number of nitro benzene ring substituents is 1. The zero-order valence-electron chi connectivity index (χ0n) is 13.7. The Bertz CT molecular complexity index is 684. The van der Waals surface area contributed by atoms with Gasteiger partial charge in [0, 0.05) is 11.5 Å². The van der Waals surface area contributed by atoms with Crippen LogP contribution in [-0.2, 0) is 15.8 Å². The molecule has 0 radical (unpaired) electrons. The topological polar surface area (TPSA) is 113 Å². The smallest absolute Gasteiger partial charge is 0.347 e. The van der Waals surface area contributed by atoms with Crippen molar-refractivity contribution in [3.8, 4) is 0 Å². The maximum absolute atomic E-state index is 12.6. The largest absolute Gasteiger partial charge is 0.416 e. The van der Waals surface area contributed by atoms with E-state index in [0.29, 0.717) is 12.1 Å². The van der Waals surface area contributed by atoms with Crippen LogP contribution in [0.15, 0.2) is 18.2 Å². The Balaban J connectivity index is 2.75. The molecule has 1 aromatic rings. The second kappa shape index (κ2) is 7.36. The fourth-order valence-electron chi connectivity index (χ4n) is 1.57. The molecular formula is C14H17F3N4O4. The first kappa shape index (κ1) is 20.2. The van der Waals surface area contributed by atoms with Crippen molar-refractivity contribution in [2.75, 3.05) is 12.0 Å². The molecule has 0 aliphatic heterocycles. The van der Waals surface area contributed by atoms with Crippen LogP contribution in [0.3, 0.4) is 0 Å². The highest BCUT2D eigenvalue weighted by atomic mass is 19.4. The molecule has 3 N–H and O–H groups in total. The lowest BCUT2D eigenvalue weighted by molar-refractivity contribution is -0.384. The molecule has 0 unspecified atom stereocenters. The van der Waals surface area contributed by atoms with Gasteiger partial charge in [-0.2, -0.15) is 13.2 Å². The van der Waals surface area contributed by atoms with Crippen molar-refractivity contribution >= 4 is 23.2 Å². The minimum atomic E-state index is -4.73. The number of hydrogen-bond acceptors (Lipinski definition) is 5. The molecule has 25 heavy (non-hydrogen) atoms. The highest BCUT2D eigenvalue weighted by Gasteiger charge is 2.33. The summed E-state index contributed by atoms with van der Waals surface area (Å²) in [6, 6.07) is 1.83. The van der Waals surface area contributed by atoms with Crippen LogP contribution in [-0.4, -0.2) is 23.3 Å². The molecule has 0 aromatic heterocycles. The normalized spacial score (nSPS) is 11.6. The molecule has 138 valence electrons. The molecule has 0 bridgehead atoms. The minimum Gasteiger partial charge on any atom is -0.347 e. The number of hydrogen-bond donors (Lipinski definition) is 3. The van der Waals surface area contributed by atoms with Gasteiger partial charge in [0.2, 0.25) is 5.91 Å². The summed E-state index contributed by atoms with van der Waals surface area (Å²) in [5.41, 5.74) is 1.17. The van der Waals surface area contributed by atoms with E-state index in [4.69, 9.17) is 0 Å². The lowest BCUT2D eigenvalue weighted by atomic mass is 9.96. The summed E-state index contributed by atoms with van der Waals surface area (Å²) in [7, 11) is 0. The van der Waals surface area contributed by atoms with Gasteiger partial charge in [-0.15, -0.1) is 0 Å². The van der Waals surface area contributed by atoms with Crippen molar-refractivity contribution in [2.24, 2.45) is 5.41 Å². The van der Waals surface area contributed by atoms with Crippen LogP contribution in [0.4, 0.5) is 24.5 Å². The first-order chi connectivity index (χ1) is 11.3. The van der Waals surface area contributed by atoms with Gasteiger partial charge in [-0.3, -0.25) is 30.6 Å². The van der Waals surface area contributed by atoms with Crippen LogP contribution in [0, 0.1) is 15.5 Å². The summed E-state index contributed by atoms with van der Waals surface area (Å²) in [6.07, 6.45) is -4.73. The van der Waals surface area contributed by atoms with Crippen molar-refractivity contribution in [3.05, 3.63) is 33.9 Å². The van der Waals surface area contributed by atoms with Gasteiger partial charge >= 0.3 is 6.18 Å². The maximum Gasteiger partial charge on any atom is 0.416 e. The third-order valence-corrected chi connectivity index (χ3v) is 2.95. The Kier molecular flexibility index (Phi) is 5.95. The van der Waals surface area contributed by atoms with Crippen LogP contribution in [0.2, 0.25) is 0 Å². The number of anilines is 1. The number of rotatable bonds is 5. The van der Waals surface area contributed by atoms with E-state index >= 15 is 0 Å². The predicted molar refractivity (Wildman–Crippen MR) is 82.3 cm³/mol. The van der Waals surface area contributed by atoms with E-state index in [1.807, 2.05) is 0 Å². The van der Waals surface area contributed by atoms with E-state index in [2.05, 4.69) is 16.2 Å². The molecule has 0 fully saturated rings. The number of benzene rings is 1. The highest BCUT2D eigenvalue weighted by Crippen LogP contribution is 2.34. The summed E-state index contributed by atoms with van der Waals surface area (Å²) in [5, 5.41) is 13.3. The number of hydrazine groups is 1. The Morgan fingerprint density at radius 3 is 2.28 bits per heavy atom. The van der Waals surface area contributed by atoms with E-state index in [9.17, 15) is 32.9 Å². The molecule has 0 spiro atoms. The van der Waals surface area contributed by atoms with Crippen molar-refractivity contribution in [3.63, 3.8) is 0 Å². The first-order valence-electron chi connectivity index (χ1n) is 7.01. The third-order valence-electron chi connectivity index (χ3n) is 2.95. The fourth-order valence-corrected chi connectivity index (χ4v) is 1.57. The summed E-state index contributed by atoms with van der Waals surface area (Å²) in [4.78, 5) is 33.1. The van der Waals surface area contributed by atoms with Crippen LogP contribution < -0.4 is 16.2 Å². The van der Waals surface area contributed by atoms with Crippen LogP contribution in [0.5, 0.6) is 0 Å². The van der Waals surface area contributed by atoms with Gasteiger partial charge in [0.25, 0.3) is 11.6 Å². The van der Waals surface area contributed by atoms with E-state index in [1.54, 1.807) is 20.8 Å². The standard InChI is InChI=1S/C14H17F3N4O4/c1-13(2,3)12(23)18-7-11(22)20-19-9-5-4-8(14(15,16)17)6-10(9)21(24)25/h4-6,19H,7H2,1-3H3,(H,18,23)(H,20,22). The Hall–Kier alpha value is -2.85. The van der Waals surface area contributed by atoms with Gasteiger partial charge in [-0.25, -0.2) is 0 Å². The molecule has 11 heteroatoms. The summed E-state index contributed by atoms with van der Waals surface area (Å²) in [6.45, 7) is 4.52. The monoisotopic (exact) mass is 362 g/mol. The van der Waals surface area contributed by atoms with Crippen molar-refractivity contribution < 1.29 is 27.7 Å². The summed E-state index contributed by atoms with van der Waals surface area (Å²) >= 11 is 0. The number of nitrogens with zero attached hydrogens (tertiary/aromatic N) is 1. The number of nitro groups is 1. The van der Waals surface area contributed by atoms with Crippen LogP contribution >= 0.6 is 0 Å². The summed E-state index contributed by atoms with van der Waals surface area (Å²) < 4.78 is 37.8. The number of nitrogens with one attached hydrogen (secondary N) is 3. The quantitative estimate of drug-likeness (QED) is 0.549. The van der Waals surface area contributed by atoms with Gasteiger partial charge in [0.1, 0.15) is 5.69 Å². The van der Waals surface area contributed by atoms with Crippen molar-refractivity contribution in [1.82, 2.24) is 10.7 Å². The number of carbonyl (C=O) groups excluding carboxylic acids is 2. The van der Waals surface area contributed by atoms with Gasteiger partial charge < -0.3 is 5.32 Å². The predicted octanol–water partition coefficient (Wildman–Crippen LogP) is 2.22. The molecule has 0 aliphatic carbocycles. The lowest BCUT2D eigenvalue weighted by Gasteiger charge is -2.17. The number of amides is 2. The Morgan fingerprint density at radius 2 is 1.80 bits per heavy atom. The van der Waals surface area contributed by atoms with Crippen molar-refractivity contribution in [1.29, 1.82) is 0 Å². The fraction of sp³-hybridized carbons (Fsp3) is 0.429. The minimum absolute atomic E-state index is 0.325. The molecule has 0 saturated heterocycles. The Labute approximate surface area is 140 Å². The van der Waals surface area contributed by atoms with Gasteiger partial charge in [-0.1, -0.05) is 20.8 Å². The molecule has 8 nitrogen and oxygen atoms in total. The summed E-state index contributed by atoms with van der Waals surface area (Å²) in [5.74, 6) is -1.12. The molecule has 2 amide bonds. The van der Waals surface area contributed by atoms with Gasteiger partial charge in [-0.05, 0) is 12.1 Å². The molecule has 0 saturated carbocycles. The van der Waals surface area contributed by atoms with Crippen LogP contribution in [0.25, 0.3) is 0 Å². The van der Waals surface area contributed by atoms with E-state index in [0.717, 1.165) is 6.07 Å². The van der Waals surface area contributed by atoms with E-state index in [1.165, 1.54) is 0 Å². The third kappa shape index (κ3) is 5.94. The second-order valence-corrected chi connectivity index (χ2v) is 6.09. The molecule has 0 heterocycles. The zero-order valence-corrected chi connectivity index (χ0v) is 13.7. The van der Waals surface area contributed by atoms with Crippen LogP contribution in [0.1, 0.15) is 26.3 Å². The average Bonchev–Trinajstić information content (AvgIpc) is 2.48. The number of halogens is 3. The lowest BCUT2D eigenvalue weighted by Crippen LogP contribution is -2.43. The SMILES string of the molecule is CC(C)(C)C(=O)NCC(=O)NNc1ccc(C(F)(F)F)cc1[N+](=O)[O-]. The average molecular weight is 362 g/mol. The molecule has 0 atom stereocenters. The molecule has 1 rings (SSSR count). The highest BCUT2D eigenvalue weighted by molar-refractivity contribution is 5.87. The zero-order chi connectivity index (χ0) is 19.4.